The molecule has 21 heteroatoms. The number of nitrogens with two attached hydrogens (primary N) is 7. The molecule has 0 aromatic rings. The van der Waals surface area contributed by atoms with Crippen LogP contribution in [0.15, 0.2) is 0 Å². The molecule has 428 valence electrons. The van der Waals surface area contributed by atoms with E-state index in [9.17, 15) is 0 Å². The topological polar surface area (TPSA) is 358 Å². The fourth-order valence-electron chi connectivity index (χ4n) is 4.16. The van der Waals surface area contributed by atoms with E-state index in [2.05, 4.69) is 85.7 Å². The fourth-order valence-corrected chi connectivity index (χ4v) is 4.16. The van der Waals surface area contributed by atoms with Gasteiger partial charge in [-0.3, -0.25) is 0 Å². The van der Waals surface area contributed by atoms with Gasteiger partial charge in [0.25, 0.3) is 0 Å². The maximum absolute atomic E-state index is 9.16. The van der Waals surface area contributed by atoms with Crippen LogP contribution in [-0.4, -0.2) is 251 Å². The Kier molecular flexibility index (Phi) is 118. The highest BCUT2D eigenvalue weighted by Gasteiger charge is 2.06. The van der Waals surface area contributed by atoms with E-state index in [0.717, 1.165) is 111 Å². The van der Waals surface area contributed by atoms with Gasteiger partial charge in [0.15, 0.2) is 0 Å². The van der Waals surface area contributed by atoms with Crippen LogP contribution in [0.25, 0.3) is 0 Å². The average molecular weight is 998 g/mol. The normalized spacial score (nSPS) is 11.3. The van der Waals surface area contributed by atoms with Gasteiger partial charge in [0.2, 0.25) is 0 Å². The number of aliphatic hydroxyl groups is 3. The summed E-state index contributed by atoms with van der Waals surface area (Å²) in [5.74, 6) is 0. The van der Waals surface area contributed by atoms with Crippen molar-refractivity contribution in [3.05, 3.63) is 0 Å². The second-order valence-corrected chi connectivity index (χ2v) is 16.7. The van der Waals surface area contributed by atoms with Crippen molar-refractivity contribution >= 4 is 0 Å². The lowest BCUT2D eigenvalue weighted by atomic mass is 10.1. The number of hydrogen-bond acceptors (Lipinski definition) is 21. The SMILES string of the molecule is C.CCCCN(C)C.CN(CCCN)CCCN.CNCC(C)(C)N.CNCC(O)CN.CNCC(O)CNCC(C)O.CNCCCCN.CNCCCN.CNCCCNC.CNCCN. The van der Waals surface area contributed by atoms with Gasteiger partial charge in [-0.1, -0.05) is 20.8 Å². The van der Waals surface area contributed by atoms with Crippen molar-refractivity contribution in [3.8, 4) is 0 Å². The molecule has 0 rings (SSSR count). The molecule has 68 heavy (non-hydrogen) atoms. The Bertz CT molecular complexity index is 693. The quantitative estimate of drug-likeness (QED) is 0.0293. The van der Waals surface area contributed by atoms with E-state index in [1.165, 1.54) is 32.2 Å². The maximum atomic E-state index is 9.16. The number of hydrogen-bond donors (Lipinski definition) is 19. The second-order valence-electron chi connectivity index (χ2n) is 16.7. The predicted molar refractivity (Wildman–Crippen MR) is 306 cm³/mol. The fraction of sp³-hybridized carbons (Fsp3) is 1.00. The summed E-state index contributed by atoms with van der Waals surface area (Å²) >= 11 is 0. The van der Waals surface area contributed by atoms with Crippen LogP contribution in [0.1, 0.15) is 86.5 Å². The van der Waals surface area contributed by atoms with Crippen LogP contribution < -0.4 is 88.0 Å². The molecule has 3 unspecified atom stereocenters. The summed E-state index contributed by atoms with van der Waals surface area (Å²) in [4.78, 5) is 4.48. The van der Waals surface area contributed by atoms with Crippen LogP contribution in [0.2, 0.25) is 0 Å². The molecule has 0 spiro atoms. The van der Waals surface area contributed by atoms with Gasteiger partial charge in [-0.15, -0.1) is 0 Å². The summed E-state index contributed by atoms with van der Waals surface area (Å²) in [7, 11) is 21.5. The van der Waals surface area contributed by atoms with Gasteiger partial charge in [0, 0.05) is 57.9 Å². The number of nitrogens with zero attached hydrogens (tertiary/aromatic N) is 2. The minimum Gasteiger partial charge on any atom is -0.392 e. The van der Waals surface area contributed by atoms with Crippen LogP contribution in [0.4, 0.5) is 0 Å². The van der Waals surface area contributed by atoms with Crippen LogP contribution in [0, 0.1) is 0 Å². The monoisotopic (exact) mass is 997 g/mol. The highest BCUT2D eigenvalue weighted by Crippen LogP contribution is 1.90. The molecule has 0 saturated carbocycles. The summed E-state index contributed by atoms with van der Waals surface area (Å²) in [6, 6.07) is 0. The van der Waals surface area contributed by atoms with Crippen molar-refractivity contribution in [2.45, 2.75) is 110 Å². The minimum atomic E-state index is -0.384. The third kappa shape index (κ3) is 151. The summed E-state index contributed by atoms with van der Waals surface area (Å²) in [5.41, 5.74) is 36.8. The van der Waals surface area contributed by atoms with E-state index < -0.39 is 0 Å². The third-order valence-corrected chi connectivity index (χ3v) is 7.81. The summed E-state index contributed by atoms with van der Waals surface area (Å²) < 4.78 is 0. The number of likely N-dealkylation sites (N-methyl/N-ethyl adjacent to an activating group) is 4. The van der Waals surface area contributed by atoms with Crippen molar-refractivity contribution in [1.29, 1.82) is 0 Å². The molecule has 0 bridgehead atoms. The van der Waals surface area contributed by atoms with Crippen LogP contribution in [-0.2, 0) is 0 Å². The molecular formula is C47H132N18O3. The van der Waals surface area contributed by atoms with E-state index in [-0.39, 0.29) is 31.3 Å². The zero-order valence-electron chi connectivity index (χ0n) is 47.1. The first-order valence-corrected chi connectivity index (χ1v) is 25.0. The standard InChI is InChI=1S/C7H19N3.C7H18N2O2.C6H15N.3C5H14N2.C4H12N2O.C4H12N2.C3H10N2.CH4/c1-10(6-2-4-8)7-3-5-9;1-6(10)3-9-5-7(11)4-8-2;1-4-5-6-7(2)3;1-5(2,6)4-7-3;1-6-4-3-5-7-2;1-7-5-3-2-4-6;1-6-3-4(7)2-5;1-6-4-2-3-5;1-5-3-2-4;/h2-9H2,1H3;6-11H,3-5H2,1-2H3;4-6H2,1-3H3;7H,4,6H2,1-3H3;6-7H,3-5H2,1-2H3;7H,2-6H2,1H3;4,6-7H,2-3,5H2,1H3;6H,2-5H2,1H3;5H,2-4H2,1H3;1H4. The number of rotatable bonds is 33. The molecule has 0 aliphatic heterocycles. The molecule has 0 aliphatic carbocycles. The Morgan fingerprint density at radius 2 is 0.882 bits per heavy atom. The van der Waals surface area contributed by atoms with Crippen LogP contribution >= 0.6 is 0 Å². The number of nitrogens with one attached hydrogen (secondary N) is 9. The van der Waals surface area contributed by atoms with Gasteiger partial charge in [0.1, 0.15) is 0 Å². The van der Waals surface area contributed by atoms with E-state index >= 15 is 0 Å². The molecule has 0 aliphatic rings. The first-order valence-electron chi connectivity index (χ1n) is 25.0. The summed E-state index contributed by atoms with van der Waals surface area (Å²) in [5, 5.41) is 53.3. The van der Waals surface area contributed by atoms with E-state index in [0.29, 0.717) is 32.7 Å². The van der Waals surface area contributed by atoms with Gasteiger partial charge >= 0.3 is 0 Å². The largest absolute Gasteiger partial charge is 0.392 e. The van der Waals surface area contributed by atoms with Crippen molar-refractivity contribution < 1.29 is 15.3 Å². The predicted octanol–water partition coefficient (Wildman–Crippen LogP) is -2.92. The molecule has 21 nitrogen and oxygen atoms in total. The Morgan fingerprint density at radius 1 is 0.471 bits per heavy atom. The molecule has 3 atom stereocenters. The molecule has 26 N–H and O–H groups in total. The molecule has 0 saturated heterocycles. The smallest absolute Gasteiger partial charge is 0.0788 e. The maximum Gasteiger partial charge on any atom is 0.0788 e. The van der Waals surface area contributed by atoms with Gasteiger partial charge < -0.3 is 113 Å². The third-order valence-electron chi connectivity index (χ3n) is 7.81. The van der Waals surface area contributed by atoms with Crippen LogP contribution in [0.3, 0.4) is 0 Å². The molecule has 0 aromatic heterocycles. The first kappa shape index (κ1) is 90.0. The second kappa shape index (κ2) is 89.1. The highest BCUT2D eigenvalue weighted by atomic mass is 16.3. The van der Waals surface area contributed by atoms with Crippen LogP contribution in [0.5, 0.6) is 0 Å². The summed E-state index contributed by atoms with van der Waals surface area (Å²) in [6.45, 7) is 23.9. The van der Waals surface area contributed by atoms with E-state index in [1.54, 1.807) is 21.0 Å². The molecule has 0 aromatic carbocycles. The van der Waals surface area contributed by atoms with Crippen molar-refractivity contribution in [1.82, 2.24) is 57.7 Å². The molecular weight excluding hydrogens is 865 g/mol. The Labute approximate surface area is 424 Å². The zero-order chi connectivity index (χ0) is 53.8. The van der Waals surface area contributed by atoms with Gasteiger partial charge in [-0.05, 0) is 215 Å². The Balaban J connectivity index is -0.0000000701. The first-order chi connectivity index (χ1) is 31.8. The lowest BCUT2D eigenvalue weighted by molar-refractivity contribution is 0.153. The van der Waals surface area contributed by atoms with Gasteiger partial charge in [-0.2, -0.15) is 0 Å². The molecule has 0 heterocycles. The van der Waals surface area contributed by atoms with Gasteiger partial charge in [-0.25, -0.2) is 0 Å². The Morgan fingerprint density at radius 3 is 1.12 bits per heavy atom. The average Bonchev–Trinajstić information content (AvgIpc) is 3.28. The van der Waals surface area contributed by atoms with E-state index in [1.807, 2.05) is 56.1 Å². The lowest BCUT2D eigenvalue weighted by Gasteiger charge is -2.16. The van der Waals surface area contributed by atoms with Gasteiger partial charge in [0.05, 0.1) is 18.3 Å². The number of aliphatic hydroxyl groups excluding tert-OH is 3. The van der Waals surface area contributed by atoms with E-state index in [4.69, 9.17) is 55.5 Å². The minimum absolute atomic E-state index is 0. The zero-order valence-corrected chi connectivity index (χ0v) is 47.1. The lowest BCUT2D eigenvalue weighted by Crippen LogP contribution is -2.41. The van der Waals surface area contributed by atoms with Crippen molar-refractivity contribution in [2.75, 3.05) is 202 Å². The van der Waals surface area contributed by atoms with Crippen molar-refractivity contribution in [2.24, 2.45) is 40.1 Å². The molecule has 0 radical (unpaired) electrons. The Hall–Kier alpha value is -0.840. The van der Waals surface area contributed by atoms with Crippen molar-refractivity contribution in [3.63, 3.8) is 0 Å². The molecule has 0 fully saturated rings. The summed E-state index contributed by atoms with van der Waals surface area (Å²) in [6.07, 6.45) is 8.32. The molecule has 0 amide bonds. The number of unbranched alkanes of at least 4 members (excludes halogenated alkanes) is 2. The highest BCUT2D eigenvalue weighted by molar-refractivity contribution is 4.72.